The highest BCUT2D eigenvalue weighted by Gasteiger charge is 2.14. The first kappa shape index (κ1) is 14.0. The molecular weight excluding hydrogens is 266 g/mol. The number of carbonyl (C=O) groups excluding carboxylic acids is 1. The number of rotatable bonds is 5. The van der Waals surface area contributed by atoms with Gasteiger partial charge in [-0.05, 0) is 12.5 Å². The van der Waals surface area contributed by atoms with Crippen molar-refractivity contribution in [2.75, 3.05) is 12.3 Å². The predicted molar refractivity (Wildman–Crippen MR) is 69.9 cm³/mol. The summed E-state index contributed by atoms with van der Waals surface area (Å²) in [5.41, 5.74) is 4.80. The number of nitrogens with zero attached hydrogens (tertiary/aromatic N) is 2. The number of carbonyl (C=O) groups is 1. The maximum absolute atomic E-state index is 13.4. The van der Waals surface area contributed by atoms with Crippen LogP contribution < -0.4 is 11.1 Å². The lowest BCUT2D eigenvalue weighted by Gasteiger charge is -2.07. The summed E-state index contributed by atoms with van der Waals surface area (Å²) in [7, 11) is 0. The molecule has 1 heterocycles. The third-order valence-corrected chi connectivity index (χ3v) is 2.77. The van der Waals surface area contributed by atoms with Crippen molar-refractivity contribution >= 4 is 11.6 Å². The summed E-state index contributed by atoms with van der Waals surface area (Å²) in [6.07, 6.45) is 5.81. The molecule has 1 aromatic heterocycles. The highest BCUT2D eigenvalue weighted by atomic mass is 19.1. The fourth-order valence-electron chi connectivity index (χ4n) is 1.72. The number of aromatic nitrogens is 2. The SMILES string of the molecule is Nc1cc(C(=O)NCCCn2ccnc2)c(F)cc1F. The van der Waals surface area contributed by atoms with Gasteiger partial charge in [-0.15, -0.1) is 0 Å². The van der Waals surface area contributed by atoms with Crippen LogP contribution >= 0.6 is 0 Å². The van der Waals surface area contributed by atoms with Gasteiger partial charge in [0.15, 0.2) is 0 Å². The summed E-state index contributed by atoms with van der Waals surface area (Å²) in [5.74, 6) is -2.41. The maximum Gasteiger partial charge on any atom is 0.254 e. The van der Waals surface area contributed by atoms with Gasteiger partial charge in [-0.25, -0.2) is 13.8 Å². The molecule has 3 N–H and O–H groups in total. The molecule has 7 heteroatoms. The van der Waals surface area contributed by atoms with Gasteiger partial charge in [0, 0.05) is 31.5 Å². The molecule has 5 nitrogen and oxygen atoms in total. The normalized spacial score (nSPS) is 10.5. The molecule has 0 saturated carbocycles. The van der Waals surface area contributed by atoms with E-state index in [0.717, 1.165) is 6.07 Å². The van der Waals surface area contributed by atoms with Crippen LogP contribution in [0.3, 0.4) is 0 Å². The van der Waals surface area contributed by atoms with Gasteiger partial charge < -0.3 is 15.6 Å². The Morgan fingerprint density at radius 1 is 1.35 bits per heavy atom. The van der Waals surface area contributed by atoms with E-state index in [9.17, 15) is 13.6 Å². The Morgan fingerprint density at radius 3 is 2.85 bits per heavy atom. The van der Waals surface area contributed by atoms with E-state index in [1.165, 1.54) is 0 Å². The molecule has 0 aliphatic carbocycles. The minimum atomic E-state index is -0.927. The second-order valence-electron chi connectivity index (χ2n) is 4.26. The Bertz CT molecular complexity index is 599. The molecule has 0 fully saturated rings. The van der Waals surface area contributed by atoms with Crippen molar-refractivity contribution in [3.63, 3.8) is 0 Å². The molecular formula is C13H14F2N4O. The van der Waals surface area contributed by atoms with Gasteiger partial charge >= 0.3 is 0 Å². The van der Waals surface area contributed by atoms with Crippen molar-refractivity contribution in [1.82, 2.24) is 14.9 Å². The lowest BCUT2D eigenvalue weighted by Crippen LogP contribution is -2.26. The van der Waals surface area contributed by atoms with Crippen LogP contribution in [-0.4, -0.2) is 22.0 Å². The largest absolute Gasteiger partial charge is 0.396 e. The first-order valence-electron chi connectivity index (χ1n) is 6.06. The Kier molecular flexibility index (Phi) is 4.29. The van der Waals surface area contributed by atoms with E-state index in [0.29, 0.717) is 25.6 Å². The number of imidazole rings is 1. The van der Waals surface area contributed by atoms with E-state index in [1.54, 1.807) is 12.5 Å². The number of benzene rings is 1. The molecule has 20 heavy (non-hydrogen) atoms. The summed E-state index contributed by atoms with van der Waals surface area (Å²) in [5, 5.41) is 2.56. The fourth-order valence-corrected chi connectivity index (χ4v) is 1.72. The van der Waals surface area contributed by atoms with Gasteiger partial charge in [0.05, 0.1) is 17.6 Å². The first-order valence-corrected chi connectivity index (χ1v) is 6.06. The van der Waals surface area contributed by atoms with E-state index < -0.39 is 17.5 Å². The second kappa shape index (κ2) is 6.14. The van der Waals surface area contributed by atoms with Crippen molar-refractivity contribution in [2.45, 2.75) is 13.0 Å². The van der Waals surface area contributed by atoms with Gasteiger partial charge in [0.25, 0.3) is 5.91 Å². The van der Waals surface area contributed by atoms with Gasteiger partial charge in [-0.3, -0.25) is 4.79 Å². The molecule has 0 bridgehead atoms. The number of nitrogen functional groups attached to an aromatic ring is 1. The Labute approximate surface area is 114 Å². The Morgan fingerprint density at radius 2 is 2.15 bits per heavy atom. The highest BCUT2D eigenvalue weighted by Crippen LogP contribution is 2.16. The van der Waals surface area contributed by atoms with E-state index in [4.69, 9.17) is 5.73 Å². The van der Waals surface area contributed by atoms with Gasteiger partial charge in [0.1, 0.15) is 11.6 Å². The molecule has 0 saturated heterocycles. The summed E-state index contributed by atoms with van der Waals surface area (Å²) >= 11 is 0. The number of nitrogens with two attached hydrogens (primary N) is 1. The predicted octanol–water partition coefficient (Wildman–Crippen LogP) is 1.56. The van der Waals surface area contributed by atoms with E-state index >= 15 is 0 Å². The van der Waals surface area contributed by atoms with Crippen LogP contribution in [0.15, 0.2) is 30.9 Å². The minimum absolute atomic E-state index is 0.255. The number of nitrogens with one attached hydrogen (secondary N) is 1. The van der Waals surface area contributed by atoms with Crippen molar-refractivity contribution in [2.24, 2.45) is 0 Å². The Hall–Kier alpha value is -2.44. The maximum atomic E-state index is 13.4. The molecule has 0 radical (unpaired) electrons. The van der Waals surface area contributed by atoms with Crippen LogP contribution in [0.1, 0.15) is 16.8 Å². The number of halogens is 2. The van der Waals surface area contributed by atoms with Crippen molar-refractivity contribution in [3.05, 3.63) is 48.1 Å². The van der Waals surface area contributed by atoms with Crippen molar-refractivity contribution in [1.29, 1.82) is 0 Å². The average molecular weight is 280 g/mol. The number of amides is 1. The van der Waals surface area contributed by atoms with E-state index in [2.05, 4.69) is 10.3 Å². The lowest BCUT2D eigenvalue weighted by molar-refractivity contribution is 0.0948. The summed E-state index contributed by atoms with van der Waals surface area (Å²) in [4.78, 5) is 15.6. The van der Waals surface area contributed by atoms with Crippen LogP contribution in [0.2, 0.25) is 0 Å². The highest BCUT2D eigenvalue weighted by molar-refractivity contribution is 5.95. The van der Waals surface area contributed by atoms with Crippen LogP contribution in [0, 0.1) is 11.6 Å². The molecule has 0 aliphatic rings. The minimum Gasteiger partial charge on any atom is -0.396 e. The van der Waals surface area contributed by atoms with E-state index in [1.807, 2.05) is 10.8 Å². The van der Waals surface area contributed by atoms with Crippen LogP contribution in [0.25, 0.3) is 0 Å². The topological polar surface area (TPSA) is 72.9 Å². The van der Waals surface area contributed by atoms with E-state index in [-0.39, 0.29) is 11.3 Å². The standard InChI is InChI=1S/C13H14F2N4O/c14-10-7-11(15)12(16)6-9(10)13(20)18-2-1-4-19-5-3-17-8-19/h3,5-8H,1-2,4,16H2,(H,18,20). The van der Waals surface area contributed by atoms with Crippen LogP contribution in [-0.2, 0) is 6.54 Å². The van der Waals surface area contributed by atoms with Crippen LogP contribution in [0.4, 0.5) is 14.5 Å². The number of hydrogen-bond donors (Lipinski definition) is 2. The summed E-state index contributed by atoms with van der Waals surface area (Å²) in [6.45, 7) is 1.06. The number of aryl methyl sites for hydroxylation is 1. The molecule has 0 unspecified atom stereocenters. The molecule has 0 spiro atoms. The molecule has 0 aliphatic heterocycles. The quantitative estimate of drug-likeness (QED) is 0.645. The van der Waals surface area contributed by atoms with Crippen molar-refractivity contribution < 1.29 is 13.6 Å². The van der Waals surface area contributed by atoms with Gasteiger partial charge in [-0.1, -0.05) is 0 Å². The molecule has 0 atom stereocenters. The number of hydrogen-bond acceptors (Lipinski definition) is 3. The third-order valence-electron chi connectivity index (χ3n) is 2.77. The second-order valence-corrected chi connectivity index (χ2v) is 4.26. The fraction of sp³-hybridized carbons (Fsp3) is 0.231. The average Bonchev–Trinajstić information content (AvgIpc) is 2.92. The van der Waals surface area contributed by atoms with Gasteiger partial charge in [-0.2, -0.15) is 0 Å². The van der Waals surface area contributed by atoms with Gasteiger partial charge in [0.2, 0.25) is 0 Å². The molecule has 1 aromatic carbocycles. The Balaban J connectivity index is 1.87. The zero-order valence-corrected chi connectivity index (χ0v) is 10.6. The zero-order chi connectivity index (χ0) is 14.5. The lowest BCUT2D eigenvalue weighted by atomic mass is 10.1. The molecule has 2 aromatic rings. The first-order chi connectivity index (χ1) is 9.58. The molecule has 106 valence electrons. The van der Waals surface area contributed by atoms with Crippen LogP contribution in [0.5, 0.6) is 0 Å². The summed E-state index contributed by atoms with van der Waals surface area (Å²) in [6, 6.07) is 1.60. The smallest absolute Gasteiger partial charge is 0.254 e. The summed E-state index contributed by atoms with van der Waals surface area (Å²) < 4.78 is 28.3. The molecule has 1 amide bonds. The van der Waals surface area contributed by atoms with Crippen molar-refractivity contribution in [3.8, 4) is 0 Å². The monoisotopic (exact) mass is 280 g/mol. The number of anilines is 1. The zero-order valence-electron chi connectivity index (χ0n) is 10.6. The third kappa shape index (κ3) is 3.31. The molecule has 2 rings (SSSR count).